The van der Waals surface area contributed by atoms with Gasteiger partial charge in [0, 0.05) is 43.0 Å². The Labute approximate surface area is 125 Å². The Morgan fingerprint density at radius 1 is 1.38 bits per heavy atom. The summed E-state index contributed by atoms with van der Waals surface area (Å²) < 4.78 is 0. The van der Waals surface area contributed by atoms with Crippen molar-refractivity contribution in [2.45, 2.75) is 38.6 Å². The molecule has 1 aliphatic rings. The van der Waals surface area contributed by atoms with Crippen LogP contribution in [0.15, 0.2) is 24.7 Å². The van der Waals surface area contributed by atoms with E-state index in [4.69, 9.17) is 0 Å². The number of nitrogens with zero attached hydrogens (tertiary/aromatic N) is 4. The van der Waals surface area contributed by atoms with Crippen LogP contribution in [0.1, 0.15) is 38.3 Å². The number of rotatable bonds is 4. The fraction of sp³-hybridized carbons (Fsp3) is 0.533. The van der Waals surface area contributed by atoms with Crippen LogP contribution < -0.4 is 10.2 Å². The summed E-state index contributed by atoms with van der Waals surface area (Å²) in [4.78, 5) is 11.0. The summed E-state index contributed by atoms with van der Waals surface area (Å²) in [5.74, 6) is 2.38. The average Bonchev–Trinajstić information content (AvgIpc) is 3.01. The zero-order valence-electron chi connectivity index (χ0n) is 12.6. The largest absolute Gasteiger partial charge is 0.368 e. The van der Waals surface area contributed by atoms with Crippen molar-refractivity contribution in [3.05, 3.63) is 30.4 Å². The molecule has 0 amide bonds. The topological polar surface area (TPSA) is 69.7 Å². The number of aromatic amines is 1. The highest BCUT2D eigenvalue weighted by Crippen LogP contribution is 2.28. The van der Waals surface area contributed by atoms with Gasteiger partial charge in [-0.15, -0.1) is 0 Å². The lowest BCUT2D eigenvalue weighted by molar-refractivity contribution is 0.498. The molecule has 0 saturated carbocycles. The van der Waals surface area contributed by atoms with Crippen LogP contribution in [0.3, 0.4) is 0 Å². The van der Waals surface area contributed by atoms with Crippen LogP contribution in [0, 0.1) is 0 Å². The number of hydrogen-bond acceptors (Lipinski definition) is 5. The third-order valence-corrected chi connectivity index (χ3v) is 3.80. The molecule has 0 aliphatic carbocycles. The van der Waals surface area contributed by atoms with Gasteiger partial charge in [-0.2, -0.15) is 5.10 Å². The Bertz CT molecular complexity index is 565. The maximum Gasteiger partial charge on any atom is 0.134 e. The molecule has 1 saturated heterocycles. The Kier molecular flexibility index (Phi) is 4.03. The van der Waals surface area contributed by atoms with Crippen LogP contribution in [-0.4, -0.2) is 39.3 Å². The molecule has 0 radical (unpaired) electrons. The lowest BCUT2D eigenvalue weighted by Crippen LogP contribution is -2.35. The van der Waals surface area contributed by atoms with Crippen LogP contribution in [-0.2, 0) is 0 Å². The molecule has 2 aromatic heterocycles. The van der Waals surface area contributed by atoms with Gasteiger partial charge in [-0.1, -0.05) is 0 Å². The minimum atomic E-state index is 0.367. The molecule has 6 heteroatoms. The minimum Gasteiger partial charge on any atom is -0.368 e. The van der Waals surface area contributed by atoms with E-state index in [9.17, 15) is 0 Å². The van der Waals surface area contributed by atoms with Gasteiger partial charge >= 0.3 is 0 Å². The molecule has 0 spiro atoms. The van der Waals surface area contributed by atoms with Crippen molar-refractivity contribution in [3.63, 3.8) is 0 Å². The van der Waals surface area contributed by atoms with Crippen molar-refractivity contribution in [1.29, 1.82) is 0 Å². The van der Waals surface area contributed by atoms with E-state index in [1.165, 1.54) is 18.5 Å². The molecular weight excluding hydrogens is 264 g/mol. The van der Waals surface area contributed by atoms with Gasteiger partial charge < -0.3 is 10.2 Å². The molecule has 2 N–H and O–H groups in total. The predicted molar refractivity (Wildman–Crippen MR) is 83.6 cm³/mol. The van der Waals surface area contributed by atoms with Crippen molar-refractivity contribution in [2.75, 3.05) is 23.3 Å². The quantitative estimate of drug-likeness (QED) is 0.903. The monoisotopic (exact) mass is 286 g/mol. The smallest absolute Gasteiger partial charge is 0.134 e. The van der Waals surface area contributed by atoms with Gasteiger partial charge in [0.1, 0.15) is 18.0 Å². The van der Waals surface area contributed by atoms with Gasteiger partial charge in [-0.05, 0) is 32.8 Å². The normalized spacial score (nSPS) is 19.0. The molecule has 0 aromatic carbocycles. The standard InChI is InChI=1S/C15H22N6/c1-11(2)19-14-8-15(17-10-16-14)21-7-3-4-12(9-21)13-5-6-18-20-13/h5-6,8,10-12H,3-4,7,9H2,1-2H3,(H,18,20)(H,16,17,19)/t12-/m0/s1. The fourth-order valence-corrected chi connectivity index (χ4v) is 2.83. The van der Waals surface area contributed by atoms with Crippen LogP contribution in [0.25, 0.3) is 0 Å². The van der Waals surface area contributed by atoms with Crippen molar-refractivity contribution < 1.29 is 0 Å². The zero-order chi connectivity index (χ0) is 14.7. The van der Waals surface area contributed by atoms with E-state index >= 15 is 0 Å². The summed E-state index contributed by atoms with van der Waals surface area (Å²) in [6.45, 7) is 6.23. The summed E-state index contributed by atoms with van der Waals surface area (Å²) in [6.07, 6.45) is 5.82. The number of piperidine rings is 1. The molecular formula is C15H22N6. The Morgan fingerprint density at radius 3 is 3.05 bits per heavy atom. The van der Waals surface area contributed by atoms with E-state index in [1.54, 1.807) is 6.33 Å². The first-order valence-electron chi connectivity index (χ1n) is 7.55. The molecule has 1 aliphatic heterocycles. The molecule has 0 unspecified atom stereocenters. The first kappa shape index (κ1) is 13.9. The number of aromatic nitrogens is 4. The van der Waals surface area contributed by atoms with Gasteiger partial charge in [0.2, 0.25) is 0 Å². The Morgan fingerprint density at radius 2 is 2.29 bits per heavy atom. The predicted octanol–water partition coefficient (Wildman–Crippen LogP) is 2.40. The minimum absolute atomic E-state index is 0.367. The maximum absolute atomic E-state index is 4.44. The Hall–Kier alpha value is -2.11. The molecule has 3 heterocycles. The second-order valence-electron chi connectivity index (χ2n) is 5.86. The molecule has 112 valence electrons. The summed E-state index contributed by atoms with van der Waals surface area (Å²) in [7, 11) is 0. The number of H-pyrrole nitrogens is 1. The molecule has 1 fully saturated rings. The van der Waals surface area contributed by atoms with Gasteiger partial charge in [0.15, 0.2) is 0 Å². The summed E-state index contributed by atoms with van der Waals surface area (Å²) >= 11 is 0. The molecule has 3 rings (SSSR count). The van der Waals surface area contributed by atoms with Gasteiger partial charge in [0.25, 0.3) is 0 Å². The molecule has 21 heavy (non-hydrogen) atoms. The molecule has 1 atom stereocenters. The third kappa shape index (κ3) is 3.32. The van der Waals surface area contributed by atoms with Crippen LogP contribution in [0.5, 0.6) is 0 Å². The van der Waals surface area contributed by atoms with Crippen LogP contribution >= 0.6 is 0 Å². The first-order chi connectivity index (χ1) is 10.2. The summed E-state index contributed by atoms with van der Waals surface area (Å²) in [5, 5.41) is 10.5. The SMILES string of the molecule is CC(C)Nc1cc(N2CCC[C@H](c3ccn[nH]3)C2)ncn1. The second kappa shape index (κ2) is 6.11. The van der Waals surface area contributed by atoms with E-state index in [0.717, 1.165) is 24.7 Å². The number of hydrogen-bond donors (Lipinski definition) is 2. The highest BCUT2D eigenvalue weighted by molar-refractivity contribution is 5.49. The van der Waals surface area contributed by atoms with E-state index in [0.29, 0.717) is 12.0 Å². The lowest BCUT2D eigenvalue weighted by Gasteiger charge is -2.33. The molecule has 0 bridgehead atoms. The highest BCUT2D eigenvalue weighted by Gasteiger charge is 2.23. The lowest BCUT2D eigenvalue weighted by atomic mass is 9.95. The second-order valence-corrected chi connectivity index (χ2v) is 5.86. The van der Waals surface area contributed by atoms with E-state index in [2.05, 4.69) is 50.3 Å². The molecule has 2 aromatic rings. The van der Waals surface area contributed by atoms with Gasteiger partial charge in [-0.3, -0.25) is 5.10 Å². The number of nitrogens with one attached hydrogen (secondary N) is 2. The first-order valence-corrected chi connectivity index (χ1v) is 7.55. The number of anilines is 2. The fourth-order valence-electron chi connectivity index (χ4n) is 2.83. The van der Waals surface area contributed by atoms with E-state index in [-0.39, 0.29) is 0 Å². The van der Waals surface area contributed by atoms with E-state index < -0.39 is 0 Å². The summed E-state index contributed by atoms with van der Waals surface area (Å²) in [5.41, 5.74) is 1.22. The summed E-state index contributed by atoms with van der Waals surface area (Å²) in [6, 6.07) is 4.47. The van der Waals surface area contributed by atoms with Crippen molar-refractivity contribution >= 4 is 11.6 Å². The van der Waals surface area contributed by atoms with Crippen LogP contribution in [0.2, 0.25) is 0 Å². The Balaban J connectivity index is 1.74. The van der Waals surface area contributed by atoms with Crippen molar-refractivity contribution in [3.8, 4) is 0 Å². The zero-order valence-corrected chi connectivity index (χ0v) is 12.6. The third-order valence-electron chi connectivity index (χ3n) is 3.80. The maximum atomic E-state index is 4.44. The molecule has 6 nitrogen and oxygen atoms in total. The van der Waals surface area contributed by atoms with Gasteiger partial charge in [-0.25, -0.2) is 9.97 Å². The highest BCUT2D eigenvalue weighted by atomic mass is 15.2. The van der Waals surface area contributed by atoms with Gasteiger partial charge in [0.05, 0.1) is 0 Å². The average molecular weight is 286 g/mol. The van der Waals surface area contributed by atoms with E-state index in [1.807, 2.05) is 12.3 Å². The van der Waals surface area contributed by atoms with Crippen LogP contribution in [0.4, 0.5) is 11.6 Å². The van der Waals surface area contributed by atoms with Crippen molar-refractivity contribution in [2.24, 2.45) is 0 Å². The van der Waals surface area contributed by atoms with Crippen molar-refractivity contribution in [1.82, 2.24) is 20.2 Å².